The lowest BCUT2D eigenvalue weighted by Crippen LogP contribution is -2.35. The molecule has 1 aromatic carbocycles. The van der Waals surface area contributed by atoms with Crippen LogP contribution in [0.1, 0.15) is 40.0 Å². The van der Waals surface area contributed by atoms with Crippen LogP contribution in [0.15, 0.2) is 33.6 Å². The molecule has 0 saturated carbocycles. The molecule has 1 aromatic heterocycles. The molecule has 1 fully saturated rings. The summed E-state index contributed by atoms with van der Waals surface area (Å²) in [6.45, 7) is 2.65. The molecule has 0 radical (unpaired) electrons. The molecule has 1 amide bonds. The zero-order valence-corrected chi connectivity index (χ0v) is 14.5. The summed E-state index contributed by atoms with van der Waals surface area (Å²) >= 11 is 1.64. The number of carbonyl (C=O) groups excluding carboxylic acids is 1. The smallest absolute Gasteiger partial charge is 0.254 e. The van der Waals surface area contributed by atoms with Gasteiger partial charge in [-0.05, 0) is 30.9 Å². The Balaban J connectivity index is 1.52. The van der Waals surface area contributed by atoms with Gasteiger partial charge in [-0.3, -0.25) is 4.79 Å². The van der Waals surface area contributed by atoms with Crippen LogP contribution >= 0.6 is 11.8 Å². The van der Waals surface area contributed by atoms with E-state index < -0.39 is 0 Å². The van der Waals surface area contributed by atoms with E-state index >= 15 is 0 Å². The molecule has 0 bridgehead atoms. The lowest BCUT2D eigenvalue weighted by molar-refractivity contribution is 0.0727. The predicted octanol–water partition coefficient (Wildman–Crippen LogP) is 3.10. The first kappa shape index (κ1) is 15.7. The molecule has 24 heavy (non-hydrogen) atoms. The molecule has 2 aliphatic heterocycles. The standard InChI is InChI=1S/C18H20N2O3S/c1-24-14-4-2-3-12(9-14)18(21)20-7-5-16-15(10-20)19-17(23-16)13-6-8-22-11-13/h2-4,9,13H,5-8,10-11H2,1H3. The second-order valence-electron chi connectivity index (χ2n) is 6.19. The van der Waals surface area contributed by atoms with Crippen LogP contribution in [0, 0.1) is 0 Å². The number of oxazole rings is 1. The number of hydrogen-bond donors (Lipinski definition) is 0. The van der Waals surface area contributed by atoms with Crippen molar-refractivity contribution in [2.75, 3.05) is 26.0 Å². The van der Waals surface area contributed by atoms with Crippen LogP contribution < -0.4 is 0 Å². The van der Waals surface area contributed by atoms with Crippen molar-refractivity contribution in [1.82, 2.24) is 9.88 Å². The quantitative estimate of drug-likeness (QED) is 0.801. The van der Waals surface area contributed by atoms with Crippen LogP contribution in [0.5, 0.6) is 0 Å². The van der Waals surface area contributed by atoms with Crippen molar-refractivity contribution in [2.24, 2.45) is 0 Å². The Bertz CT molecular complexity index is 752. The van der Waals surface area contributed by atoms with Gasteiger partial charge in [0.2, 0.25) is 0 Å². The van der Waals surface area contributed by atoms with Gasteiger partial charge in [0.05, 0.1) is 19.1 Å². The molecule has 0 N–H and O–H groups in total. The van der Waals surface area contributed by atoms with Gasteiger partial charge in [0.25, 0.3) is 5.91 Å². The zero-order valence-electron chi connectivity index (χ0n) is 13.7. The number of benzene rings is 1. The van der Waals surface area contributed by atoms with Gasteiger partial charge in [-0.2, -0.15) is 0 Å². The molecule has 1 unspecified atom stereocenters. The van der Waals surface area contributed by atoms with Gasteiger partial charge in [-0.15, -0.1) is 11.8 Å². The highest BCUT2D eigenvalue weighted by atomic mass is 32.2. The van der Waals surface area contributed by atoms with Crippen molar-refractivity contribution in [2.45, 2.75) is 30.2 Å². The van der Waals surface area contributed by atoms with E-state index in [0.717, 1.165) is 47.3 Å². The van der Waals surface area contributed by atoms with E-state index in [0.29, 0.717) is 19.7 Å². The van der Waals surface area contributed by atoms with Crippen LogP contribution in [0.3, 0.4) is 0 Å². The first-order chi connectivity index (χ1) is 11.7. The van der Waals surface area contributed by atoms with Gasteiger partial charge in [-0.25, -0.2) is 4.98 Å². The number of thioether (sulfide) groups is 1. The Morgan fingerprint density at radius 2 is 2.33 bits per heavy atom. The van der Waals surface area contributed by atoms with Crippen molar-refractivity contribution in [3.8, 4) is 0 Å². The van der Waals surface area contributed by atoms with Gasteiger partial charge >= 0.3 is 0 Å². The summed E-state index contributed by atoms with van der Waals surface area (Å²) in [7, 11) is 0. The van der Waals surface area contributed by atoms with Gasteiger partial charge in [0.15, 0.2) is 5.89 Å². The molecule has 1 saturated heterocycles. The Kier molecular flexibility index (Phi) is 4.33. The van der Waals surface area contributed by atoms with Gasteiger partial charge in [0, 0.05) is 30.0 Å². The highest BCUT2D eigenvalue weighted by Crippen LogP contribution is 2.29. The lowest BCUT2D eigenvalue weighted by atomic mass is 10.1. The van der Waals surface area contributed by atoms with Crippen molar-refractivity contribution < 1.29 is 13.9 Å². The number of ether oxygens (including phenoxy) is 1. The van der Waals surface area contributed by atoms with Gasteiger partial charge in [-0.1, -0.05) is 6.07 Å². The Morgan fingerprint density at radius 1 is 1.42 bits per heavy atom. The van der Waals surface area contributed by atoms with E-state index in [2.05, 4.69) is 4.98 Å². The van der Waals surface area contributed by atoms with Crippen LogP contribution in [-0.2, 0) is 17.7 Å². The molecule has 1 atom stereocenters. The number of rotatable bonds is 3. The average molecular weight is 344 g/mol. The number of amides is 1. The highest BCUT2D eigenvalue weighted by molar-refractivity contribution is 7.98. The highest BCUT2D eigenvalue weighted by Gasteiger charge is 2.29. The maximum Gasteiger partial charge on any atom is 0.254 e. The topological polar surface area (TPSA) is 55.6 Å². The summed E-state index contributed by atoms with van der Waals surface area (Å²) in [5.74, 6) is 2.03. The molecule has 3 heterocycles. The third-order valence-electron chi connectivity index (χ3n) is 4.63. The third kappa shape index (κ3) is 2.96. The van der Waals surface area contributed by atoms with E-state index in [1.807, 2.05) is 35.4 Å². The average Bonchev–Trinajstić information content (AvgIpc) is 3.29. The minimum Gasteiger partial charge on any atom is -0.445 e. The summed E-state index contributed by atoms with van der Waals surface area (Å²) in [6, 6.07) is 7.78. The van der Waals surface area contributed by atoms with E-state index in [1.54, 1.807) is 11.8 Å². The van der Waals surface area contributed by atoms with E-state index in [9.17, 15) is 4.79 Å². The summed E-state index contributed by atoms with van der Waals surface area (Å²) in [6.07, 6.45) is 3.70. The third-order valence-corrected chi connectivity index (χ3v) is 5.35. The van der Waals surface area contributed by atoms with Gasteiger partial charge < -0.3 is 14.1 Å². The SMILES string of the molecule is CSc1cccc(C(=O)N2CCc3oc(C4CCOC4)nc3C2)c1. The maximum atomic E-state index is 12.8. The molecule has 0 aliphatic carbocycles. The second-order valence-corrected chi connectivity index (χ2v) is 7.07. The predicted molar refractivity (Wildman–Crippen MR) is 91.3 cm³/mol. The van der Waals surface area contributed by atoms with Crippen molar-refractivity contribution in [1.29, 1.82) is 0 Å². The largest absolute Gasteiger partial charge is 0.445 e. The number of nitrogens with zero attached hydrogens (tertiary/aromatic N) is 2. The fraction of sp³-hybridized carbons (Fsp3) is 0.444. The first-order valence-corrected chi connectivity index (χ1v) is 9.46. The second kappa shape index (κ2) is 6.61. The summed E-state index contributed by atoms with van der Waals surface area (Å²) in [5.41, 5.74) is 1.63. The van der Waals surface area contributed by atoms with Crippen LogP contribution in [0.4, 0.5) is 0 Å². The minimum atomic E-state index is 0.0605. The van der Waals surface area contributed by atoms with Crippen LogP contribution in [-0.4, -0.2) is 41.8 Å². The monoisotopic (exact) mass is 344 g/mol. The maximum absolute atomic E-state index is 12.8. The van der Waals surface area contributed by atoms with Crippen molar-refractivity contribution >= 4 is 17.7 Å². The fourth-order valence-electron chi connectivity index (χ4n) is 3.23. The molecular weight excluding hydrogens is 324 g/mol. The number of hydrogen-bond acceptors (Lipinski definition) is 5. The molecular formula is C18H20N2O3S. The Hall–Kier alpha value is -1.79. The fourth-order valence-corrected chi connectivity index (χ4v) is 3.69. The molecule has 5 nitrogen and oxygen atoms in total. The minimum absolute atomic E-state index is 0.0605. The van der Waals surface area contributed by atoms with Crippen molar-refractivity contribution in [3.63, 3.8) is 0 Å². The van der Waals surface area contributed by atoms with Crippen LogP contribution in [0.25, 0.3) is 0 Å². The Labute approximate surface area is 145 Å². The van der Waals surface area contributed by atoms with Crippen LogP contribution in [0.2, 0.25) is 0 Å². The number of fused-ring (bicyclic) bond motifs is 1. The first-order valence-electron chi connectivity index (χ1n) is 8.24. The summed E-state index contributed by atoms with van der Waals surface area (Å²) < 4.78 is 11.3. The van der Waals surface area contributed by atoms with Crippen molar-refractivity contribution in [3.05, 3.63) is 47.2 Å². The molecule has 0 spiro atoms. The molecule has 126 valence electrons. The normalized spacial score (nSPS) is 20.2. The Morgan fingerprint density at radius 3 is 3.12 bits per heavy atom. The molecule has 6 heteroatoms. The number of carbonyl (C=O) groups is 1. The summed E-state index contributed by atoms with van der Waals surface area (Å²) in [5, 5.41) is 0. The summed E-state index contributed by atoms with van der Waals surface area (Å²) in [4.78, 5) is 20.4. The lowest BCUT2D eigenvalue weighted by Gasteiger charge is -2.25. The van der Waals surface area contributed by atoms with E-state index in [1.165, 1.54) is 0 Å². The number of aromatic nitrogens is 1. The molecule has 4 rings (SSSR count). The molecule has 2 aromatic rings. The molecule has 2 aliphatic rings. The van der Waals surface area contributed by atoms with E-state index in [-0.39, 0.29) is 11.8 Å². The van der Waals surface area contributed by atoms with E-state index in [4.69, 9.17) is 9.15 Å². The zero-order chi connectivity index (χ0) is 16.5. The van der Waals surface area contributed by atoms with Gasteiger partial charge in [0.1, 0.15) is 11.5 Å².